The molecular formula is C13H13FN2O. The second-order valence-electron chi connectivity index (χ2n) is 4.52. The number of aromatic nitrogens is 1. The lowest BCUT2D eigenvalue weighted by Gasteiger charge is -2.08. The third-order valence-corrected chi connectivity index (χ3v) is 3.17. The van der Waals surface area contributed by atoms with Gasteiger partial charge in [-0.2, -0.15) is 0 Å². The van der Waals surface area contributed by atoms with Gasteiger partial charge in [-0.05, 0) is 37.0 Å². The molecule has 1 fully saturated rings. The molecular weight excluding hydrogens is 219 g/mol. The average Bonchev–Trinajstić information content (AvgIpc) is 3.13. The highest BCUT2D eigenvalue weighted by Crippen LogP contribution is 2.30. The molecule has 0 atom stereocenters. The Labute approximate surface area is 97.7 Å². The minimum atomic E-state index is -0.339. The third kappa shape index (κ3) is 1.90. The molecule has 1 aromatic heterocycles. The van der Waals surface area contributed by atoms with Crippen molar-refractivity contribution in [2.45, 2.75) is 12.8 Å². The smallest absolute Gasteiger partial charge is 0.255 e. The van der Waals surface area contributed by atoms with Crippen molar-refractivity contribution in [1.29, 1.82) is 0 Å². The zero-order valence-electron chi connectivity index (χ0n) is 9.29. The Morgan fingerprint density at radius 3 is 2.88 bits per heavy atom. The number of aromatic amines is 1. The number of H-pyrrole nitrogens is 1. The predicted octanol–water partition coefficient (Wildman–Crippen LogP) is 2.49. The van der Waals surface area contributed by atoms with E-state index in [4.69, 9.17) is 0 Å². The first-order valence-corrected chi connectivity index (χ1v) is 5.79. The molecule has 3 nitrogen and oxygen atoms in total. The summed E-state index contributed by atoms with van der Waals surface area (Å²) in [5, 5.41) is 3.86. The van der Waals surface area contributed by atoms with Gasteiger partial charge in [-0.25, -0.2) is 4.39 Å². The van der Waals surface area contributed by atoms with Gasteiger partial charge in [0.25, 0.3) is 5.56 Å². The number of halogens is 1. The van der Waals surface area contributed by atoms with Gasteiger partial charge in [-0.3, -0.25) is 4.79 Å². The van der Waals surface area contributed by atoms with Crippen LogP contribution in [0.3, 0.4) is 0 Å². The minimum absolute atomic E-state index is 0.254. The molecule has 88 valence electrons. The van der Waals surface area contributed by atoms with E-state index in [2.05, 4.69) is 10.3 Å². The summed E-state index contributed by atoms with van der Waals surface area (Å²) in [6.07, 6.45) is 3.92. The third-order valence-electron chi connectivity index (χ3n) is 3.17. The summed E-state index contributed by atoms with van der Waals surface area (Å²) in [7, 11) is 0. The van der Waals surface area contributed by atoms with Gasteiger partial charge < -0.3 is 10.3 Å². The number of rotatable bonds is 3. The molecule has 0 bridgehead atoms. The maximum atomic E-state index is 14.1. The summed E-state index contributed by atoms with van der Waals surface area (Å²) in [6.45, 7) is 0.811. The van der Waals surface area contributed by atoms with Crippen molar-refractivity contribution < 1.29 is 4.39 Å². The molecule has 1 aliphatic carbocycles. The topological polar surface area (TPSA) is 44.9 Å². The van der Waals surface area contributed by atoms with Crippen LogP contribution in [0.5, 0.6) is 0 Å². The van der Waals surface area contributed by atoms with Crippen molar-refractivity contribution in [1.82, 2.24) is 4.98 Å². The van der Waals surface area contributed by atoms with Gasteiger partial charge in [0.05, 0.1) is 11.1 Å². The van der Waals surface area contributed by atoms with Crippen molar-refractivity contribution in [3.63, 3.8) is 0 Å². The molecule has 0 aliphatic heterocycles. The first kappa shape index (κ1) is 10.3. The molecule has 3 rings (SSSR count). The number of hydrogen-bond acceptors (Lipinski definition) is 2. The number of benzene rings is 1. The fourth-order valence-electron chi connectivity index (χ4n) is 1.95. The molecule has 2 aromatic rings. The lowest BCUT2D eigenvalue weighted by Crippen LogP contribution is -2.08. The molecule has 0 spiro atoms. The van der Waals surface area contributed by atoms with E-state index in [-0.39, 0.29) is 11.4 Å². The van der Waals surface area contributed by atoms with E-state index in [1.165, 1.54) is 19.0 Å². The van der Waals surface area contributed by atoms with Gasteiger partial charge >= 0.3 is 0 Å². The number of pyridine rings is 1. The quantitative estimate of drug-likeness (QED) is 0.854. The maximum Gasteiger partial charge on any atom is 0.255 e. The number of nitrogens with one attached hydrogen (secondary N) is 2. The molecule has 1 saturated carbocycles. The van der Waals surface area contributed by atoms with Crippen LogP contribution in [0.1, 0.15) is 12.8 Å². The fraction of sp³-hybridized carbons (Fsp3) is 0.308. The van der Waals surface area contributed by atoms with E-state index >= 15 is 0 Å². The summed E-state index contributed by atoms with van der Waals surface area (Å²) in [4.78, 5) is 14.0. The van der Waals surface area contributed by atoms with E-state index in [0.717, 1.165) is 6.54 Å². The first-order valence-electron chi connectivity index (χ1n) is 5.79. The SMILES string of the molecule is O=c1[nH]ccc2c(F)c(NCC3CC3)ccc12. The molecule has 0 saturated heterocycles. The lowest BCUT2D eigenvalue weighted by molar-refractivity contribution is 0.641. The van der Waals surface area contributed by atoms with Gasteiger partial charge in [0.2, 0.25) is 0 Å². The summed E-state index contributed by atoms with van der Waals surface area (Å²) >= 11 is 0. The first-order chi connectivity index (χ1) is 8.25. The van der Waals surface area contributed by atoms with E-state index in [1.54, 1.807) is 18.2 Å². The average molecular weight is 232 g/mol. The van der Waals surface area contributed by atoms with Gasteiger partial charge in [-0.1, -0.05) is 0 Å². The van der Waals surface area contributed by atoms with Crippen LogP contribution >= 0.6 is 0 Å². The van der Waals surface area contributed by atoms with Gasteiger partial charge in [-0.15, -0.1) is 0 Å². The Balaban J connectivity index is 2.02. The standard InChI is InChI=1S/C13H13FN2O/c14-12-9-5-6-15-13(17)10(9)3-4-11(12)16-7-8-1-2-8/h3-6,8,16H,1-2,7H2,(H,15,17). The molecule has 17 heavy (non-hydrogen) atoms. The molecule has 1 aliphatic rings. The molecule has 0 unspecified atom stereocenters. The Morgan fingerprint density at radius 1 is 1.29 bits per heavy atom. The van der Waals surface area contributed by atoms with Crippen LogP contribution in [0, 0.1) is 11.7 Å². The lowest BCUT2D eigenvalue weighted by atomic mass is 10.1. The van der Waals surface area contributed by atoms with Crippen LogP contribution in [-0.2, 0) is 0 Å². The second-order valence-corrected chi connectivity index (χ2v) is 4.52. The predicted molar refractivity (Wildman–Crippen MR) is 65.7 cm³/mol. The normalized spacial score (nSPS) is 15.1. The Morgan fingerprint density at radius 2 is 2.12 bits per heavy atom. The van der Waals surface area contributed by atoms with Gasteiger partial charge in [0.1, 0.15) is 0 Å². The van der Waals surface area contributed by atoms with Crippen molar-refractivity contribution in [2.24, 2.45) is 5.92 Å². The van der Waals surface area contributed by atoms with Crippen LogP contribution in [0.25, 0.3) is 10.8 Å². The molecule has 2 N–H and O–H groups in total. The zero-order valence-corrected chi connectivity index (χ0v) is 9.29. The van der Waals surface area contributed by atoms with E-state index < -0.39 is 0 Å². The van der Waals surface area contributed by atoms with Gasteiger partial charge in [0.15, 0.2) is 5.82 Å². The summed E-state index contributed by atoms with van der Waals surface area (Å²) in [5.41, 5.74) is 0.227. The molecule has 4 heteroatoms. The summed E-state index contributed by atoms with van der Waals surface area (Å²) in [6, 6.07) is 4.89. The Bertz CT molecular complexity index is 616. The largest absolute Gasteiger partial charge is 0.382 e. The van der Waals surface area contributed by atoms with Crippen molar-refractivity contribution in [3.8, 4) is 0 Å². The van der Waals surface area contributed by atoms with Gasteiger partial charge in [0, 0.05) is 18.1 Å². The minimum Gasteiger partial charge on any atom is -0.382 e. The number of anilines is 1. The highest BCUT2D eigenvalue weighted by atomic mass is 19.1. The fourth-order valence-corrected chi connectivity index (χ4v) is 1.95. The summed E-state index contributed by atoms with van der Waals surface area (Å²) < 4.78 is 14.1. The second kappa shape index (κ2) is 3.87. The molecule has 0 amide bonds. The zero-order chi connectivity index (χ0) is 11.8. The summed E-state index contributed by atoms with van der Waals surface area (Å²) in [5.74, 6) is 0.346. The van der Waals surface area contributed by atoms with E-state index in [1.807, 2.05) is 0 Å². The van der Waals surface area contributed by atoms with E-state index in [0.29, 0.717) is 22.4 Å². The number of hydrogen-bond donors (Lipinski definition) is 2. The highest BCUT2D eigenvalue weighted by molar-refractivity contribution is 5.85. The Kier molecular flexibility index (Phi) is 2.35. The van der Waals surface area contributed by atoms with Crippen LogP contribution in [0.4, 0.5) is 10.1 Å². The van der Waals surface area contributed by atoms with Crippen molar-refractivity contribution in [3.05, 3.63) is 40.6 Å². The number of fused-ring (bicyclic) bond motifs is 1. The van der Waals surface area contributed by atoms with Crippen LogP contribution in [0.2, 0.25) is 0 Å². The Hall–Kier alpha value is -1.84. The van der Waals surface area contributed by atoms with Crippen molar-refractivity contribution in [2.75, 3.05) is 11.9 Å². The van der Waals surface area contributed by atoms with Crippen LogP contribution < -0.4 is 10.9 Å². The van der Waals surface area contributed by atoms with Crippen LogP contribution in [-0.4, -0.2) is 11.5 Å². The van der Waals surface area contributed by atoms with Crippen LogP contribution in [0.15, 0.2) is 29.2 Å². The molecule has 1 heterocycles. The maximum absolute atomic E-state index is 14.1. The molecule has 1 aromatic carbocycles. The highest BCUT2D eigenvalue weighted by Gasteiger charge is 2.21. The molecule has 0 radical (unpaired) electrons. The monoisotopic (exact) mass is 232 g/mol. The van der Waals surface area contributed by atoms with Crippen molar-refractivity contribution >= 4 is 16.5 Å². The van der Waals surface area contributed by atoms with E-state index in [9.17, 15) is 9.18 Å².